The molecule has 0 heterocycles. The first-order chi connectivity index (χ1) is 39.6. The van der Waals surface area contributed by atoms with E-state index in [0.717, 1.165) is 5.56 Å². The SMILES string of the molecule is CCCOc1c2cccc1Cc1cc(C(=O)N[C@@H](C)C(=O)N[C@@H](C)C(=O)N[C@@H](C)C(=O)OC)cc(c1O)Cc1cccc(c1OCCC)Cc1cc(NC(=O)[C@H](C)NC(=O)[C@H](C)NC(=O)[C@H](C)NC(=O)OCc3ccccc3)cc(c1O)C2. The van der Waals surface area contributed by atoms with Crippen molar-refractivity contribution in [2.24, 2.45) is 0 Å². The Balaban J connectivity index is 1.28. The Morgan fingerprint density at radius 2 is 0.855 bits per heavy atom. The number of rotatable bonds is 22. The average molecular weight is 1140 g/mol. The normalized spacial score (nSPS) is 13.8. The molecule has 21 heteroatoms. The molecule has 442 valence electrons. The summed E-state index contributed by atoms with van der Waals surface area (Å²) in [7, 11) is 1.19. The van der Waals surface area contributed by atoms with Crippen LogP contribution in [0.2, 0.25) is 0 Å². The number of phenolic OH excluding ortho intramolecular Hbond substituents is 2. The number of methoxy groups -OCH3 is 1. The molecule has 6 rings (SSSR count). The van der Waals surface area contributed by atoms with Crippen molar-refractivity contribution in [3.05, 3.63) is 147 Å². The van der Waals surface area contributed by atoms with Crippen LogP contribution in [-0.2, 0) is 70.5 Å². The minimum absolute atomic E-state index is 0.00318. The van der Waals surface area contributed by atoms with Crippen molar-refractivity contribution >= 4 is 53.2 Å². The summed E-state index contributed by atoms with van der Waals surface area (Å²) in [6.45, 7) is 13.2. The number of esters is 1. The molecule has 0 aromatic heterocycles. The van der Waals surface area contributed by atoms with Gasteiger partial charge in [0.25, 0.3) is 5.91 Å². The lowest BCUT2D eigenvalue weighted by Crippen LogP contribution is -2.54. The molecule has 0 saturated heterocycles. The number of phenols is 2. The van der Waals surface area contributed by atoms with Crippen LogP contribution in [0, 0.1) is 0 Å². The highest BCUT2D eigenvalue weighted by molar-refractivity contribution is 6.00. The number of anilines is 1. The van der Waals surface area contributed by atoms with Gasteiger partial charge in [0, 0.05) is 48.1 Å². The number of alkyl carbamates (subject to hydrolysis) is 1. The molecule has 7 amide bonds. The van der Waals surface area contributed by atoms with E-state index < -0.39 is 83.8 Å². The second kappa shape index (κ2) is 29.5. The molecule has 0 saturated carbocycles. The zero-order chi connectivity index (χ0) is 60.5. The quantitative estimate of drug-likeness (QED) is 0.0282. The molecule has 1 aliphatic rings. The van der Waals surface area contributed by atoms with Crippen LogP contribution in [0.25, 0.3) is 0 Å². The molecule has 1 aliphatic carbocycles. The van der Waals surface area contributed by atoms with E-state index in [2.05, 4.69) is 42.0 Å². The van der Waals surface area contributed by atoms with E-state index in [1.54, 1.807) is 48.5 Å². The Hall–Kier alpha value is -9.14. The number of para-hydroxylation sites is 2. The summed E-state index contributed by atoms with van der Waals surface area (Å²) in [5, 5.41) is 42.8. The van der Waals surface area contributed by atoms with Crippen molar-refractivity contribution in [1.82, 2.24) is 31.9 Å². The van der Waals surface area contributed by atoms with Crippen LogP contribution < -0.4 is 46.7 Å². The molecular weight excluding hydrogens is 1070 g/mol. The maximum atomic E-state index is 14.2. The van der Waals surface area contributed by atoms with Crippen molar-refractivity contribution in [1.29, 1.82) is 0 Å². The Bertz CT molecular complexity index is 3080. The predicted octanol–water partition coefficient (Wildman–Crippen LogP) is 5.92. The van der Waals surface area contributed by atoms with Gasteiger partial charge in [0.2, 0.25) is 29.5 Å². The summed E-state index contributed by atoms with van der Waals surface area (Å²) in [4.78, 5) is 105. The zero-order valence-corrected chi connectivity index (χ0v) is 48.3. The number of carbonyl (C=O) groups excluding carboxylic acids is 8. The second-order valence-electron chi connectivity index (χ2n) is 20.6. The summed E-state index contributed by atoms with van der Waals surface area (Å²) in [5.41, 5.74) is 5.37. The minimum atomic E-state index is -1.13. The number of amides is 7. The molecular formula is C62H75N7O14. The van der Waals surface area contributed by atoms with Crippen LogP contribution in [0.15, 0.2) is 91.0 Å². The van der Waals surface area contributed by atoms with Gasteiger partial charge in [-0.05, 0) is 118 Å². The number of benzene rings is 5. The summed E-state index contributed by atoms with van der Waals surface area (Å²) in [6, 6.07) is 19.9. The third-order valence-corrected chi connectivity index (χ3v) is 13.7. The highest BCUT2D eigenvalue weighted by atomic mass is 16.5. The van der Waals surface area contributed by atoms with Crippen molar-refractivity contribution in [3.8, 4) is 23.0 Å². The first-order valence-electron chi connectivity index (χ1n) is 27.7. The highest BCUT2D eigenvalue weighted by Crippen LogP contribution is 2.40. The highest BCUT2D eigenvalue weighted by Gasteiger charge is 2.29. The van der Waals surface area contributed by atoms with E-state index in [9.17, 15) is 48.6 Å². The predicted molar refractivity (Wildman–Crippen MR) is 309 cm³/mol. The molecule has 8 bridgehead atoms. The molecule has 83 heavy (non-hydrogen) atoms. The number of hydrogen-bond donors (Lipinski definition) is 9. The maximum absolute atomic E-state index is 14.2. The first kappa shape index (κ1) is 63.0. The molecule has 0 spiro atoms. The van der Waals surface area contributed by atoms with Gasteiger partial charge in [0.05, 0.1) is 20.3 Å². The minimum Gasteiger partial charge on any atom is -0.507 e. The van der Waals surface area contributed by atoms with Crippen molar-refractivity contribution in [2.45, 2.75) is 137 Å². The lowest BCUT2D eigenvalue weighted by Gasteiger charge is -2.22. The van der Waals surface area contributed by atoms with Gasteiger partial charge in [0.15, 0.2) is 0 Å². The van der Waals surface area contributed by atoms with Gasteiger partial charge < -0.3 is 66.4 Å². The van der Waals surface area contributed by atoms with Crippen LogP contribution in [0.3, 0.4) is 0 Å². The third kappa shape index (κ3) is 17.2. The largest absolute Gasteiger partial charge is 0.507 e. The van der Waals surface area contributed by atoms with Gasteiger partial charge in [-0.15, -0.1) is 0 Å². The fourth-order valence-corrected chi connectivity index (χ4v) is 9.08. The number of aromatic hydroxyl groups is 2. The Morgan fingerprint density at radius 3 is 1.28 bits per heavy atom. The van der Waals surface area contributed by atoms with E-state index in [0.29, 0.717) is 87.7 Å². The van der Waals surface area contributed by atoms with E-state index in [-0.39, 0.29) is 49.4 Å². The van der Waals surface area contributed by atoms with Gasteiger partial charge in [0.1, 0.15) is 65.9 Å². The smallest absolute Gasteiger partial charge is 0.408 e. The second-order valence-corrected chi connectivity index (χ2v) is 20.6. The number of hydrogen-bond acceptors (Lipinski definition) is 14. The molecule has 9 N–H and O–H groups in total. The fraction of sp³-hybridized carbons (Fsp3) is 0.387. The lowest BCUT2D eigenvalue weighted by atomic mass is 9.90. The fourth-order valence-electron chi connectivity index (χ4n) is 9.08. The van der Waals surface area contributed by atoms with Crippen molar-refractivity contribution in [3.63, 3.8) is 0 Å². The molecule has 0 unspecified atom stereocenters. The van der Waals surface area contributed by atoms with E-state index in [1.807, 2.05) is 56.3 Å². The standard InChI is InChI=1S/C62H75N7O14/c1-10-23-81-53-41-19-15-21-43(53)27-47-31-50(69-59(76)37(6)65-55(72)34(3)64-58(75)38(7)68-62(79)83-33-40-17-13-12-14-18-40)32-48(52(47)71)28-44-22-16-20-42(54(44)82-24-11-2)26-46-30-49(29-45(25-41)51(46)70)60(77)66-36(5)56(73)63-35(4)57(74)67-39(8)61(78)80-9/h12-22,29-32,34-39,70-71H,10-11,23-28,33H2,1-9H3,(H,63,73)(H,64,75)(H,65,72)(H,66,77)(H,67,74)(H,68,79)(H,69,76)/t34-,35-,36-,37-,38-,39-/m0/s1. The third-order valence-electron chi connectivity index (χ3n) is 13.7. The number of ether oxygens (including phenoxy) is 4. The van der Waals surface area contributed by atoms with Crippen molar-refractivity contribution in [2.75, 3.05) is 25.6 Å². The van der Waals surface area contributed by atoms with Gasteiger partial charge in [-0.3, -0.25) is 28.8 Å². The monoisotopic (exact) mass is 1140 g/mol. The summed E-state index contributed by atoms with van der Waals surface area (Å²) >= 11 is 0. The summed E-state index contributed by atoms with van der Waals surface area (Å²) in [6.07, 6.45) is 0.787. The molecule has 5 aromatic rings. The van der Waals surface area contributed by atoms with Crippen LogP contribution in [0.4, 0.5) is 10.5 Å². The molecule has 6 atom stereocenters. The van der Waals surface area contributed by atoms with Crippen LogP contribution in [0.1, 0.15) is 129 Å². The van der Waals surface area contributed by atoms with Gasteiger partial charge >= 0.3 is 12.1 Å². The van der Waals surface area contributed by atoms with Crippen molar-refractivity contribution < 1.29 is 67.5 Å². The van der Waals surface area contributed by atoms with Gasteiger partial charge in [-0.1, -0.05) is 80.6 Å². The molecule has 0 radical (unpaired) electrons. The molecule has 0 fully saturated rings. The maximum Gasteiger partial charge on any atom is 0.408 e. The van der Waals surface area contributed by atoms with Gasteiger partial charge in [-0.2, -0.15) is 0 Å². The van der Waals surface area contributed by atoms with E-state index in [1.165, 1.54) is 48.7 Å². The van der Waals surface area contributed by atoms with Gasteiger partial charge in [-0.25, -0.2) is 9.59 Å². The molecule has 21 nitrogen and oxygen atoms in total. The Kier molecular flexibility index (Phi) is 22.4. The lowest BCUT2D eigenvalue weighted by molar-refractivity contribution is -0.144. The summed E-state index contributed by atoms with van der Waals surface area (Å²) < 4.78 is 22.8. The first-order valence-corrected chi connectivity index (χ1v) is 27.7. The van der Waals surface area contributed by atoms with Crippen LogP contribution in [0.5, 0.6) is 23.0 Å². The van der Waals surface area contributed by atoms with Crippen LogP contribution >= 0.6 is 0 Å². The average Bonchev–Trinajstić information content (AvgIpc) is 3.55. The Morgan fingerprint density at radius 1 is 0.470 bits per heavy atom. The van der Waals surface area contributed by atoms with Crippen LogP contribution in [-0.4, -0.2) is 114 Å². The number of carbonyl (C=O) groups is 8. The molecule has 0 aliphatic heterocycles. The topological polar surface area (TPSA) is 298 Å². The number of fused-ring (bicyclic) bond motifs is 8. The zero-order valence-electron chi connectivity index (χ0n) is 48.3. The Labute approximate surface area is 483 Å². The van der Waals surface area contributed by atoms with E-state index in [4.69, 9.17) is 14.2 Å². The number of nitrogens with one attached hydrogen (secondary N) is 7. The summed E-state index contributed by atoms with van der Waals surface area (Å²) in [5.74, 6) is -3.71. The van der Waals surface area contributed by atoms with E-state index >= 15 is 0 Å². The molecule has 5 aromatic carbocycles.